The van der Waals surface area contributed by atoms with Gasteiger partial charge in [0, 0.05) is 23.6 Å². The van der Waals surface area contributed by atoms with Crippen LogP contribution in [-0.2, 0) is 4.79 Å². The molecule has 0 radical (unpaired) electrons. The molecule has 1 aliphatic rings. The molecule has 0 aromatic carbocycles. The fraction of sp³-hybridized carbons (Fsp3) is 0.700. The predicted molar refractivity (Wildman–Crippen MR) is 59.5 cm³/mol. The second-order valence-corrected chi connectivity index (χ2v) is 4.58. The topological polar surface area (TPSA) is 49.3 Å². The van der Waals surface area contributed by atoms with Crippen LogP contribution in [0.25, 0.3) is 0 Å². The fourth-order valence-electron chi connectivity index (χ4n) is 1.81. The minimum Gasteiger partial charge on any atom is -0.478 e. The number of carboxylic acid groups (broad SMARTS) is 1. The van der Waals surface area contributed by atoms with Gasteiger partial charge in [0.2, 0.25) is 0 Å². The van der Waals surface area contributed by atoms with Crippen molar-refractivity contribution in [2.45, 2.75) is 37.0 Å². The molecular weight excluding hydrogens is 198 g/mol. The van der Waals surface area contributed by atoms with Gasteiger partial charge in [0.05, 0.1) is 0 Å². The van der Waals surface area contributed by atoms with E-state index in [0.29, 0.717) is 11.3 Å². The molecule has 2 N–H and O–H groups in total. The summed E-state index contributed by atoms with van der Waals surface area (Å²) in [5, 5.41) is 12.2. The van der Waals surface area contributed by atoms with Gasteiger partial charge in [-0.05, 0) is 19.1 Å². The molecule has 2 unspecified atom stereocenters. The highest BCUT2D eigenvalue weighted by Gasteiger charge is 2.22. The average Bonchev–Trinajstić information content (AvgIpc) is 2.18. The van der Waals surface area contributed by atoms with Crippen molar-refractivity contribution in [2.75, 3.05) is 6.26 Å². The van der Waals surface area contributed by atoms with Gasteiger partial charge >= 0.3 is 5.97 Å². The van der Waals surface area contributed by atoms with Crippen LogP contribution in [0.5, 0.6) is 0 Å². The summed E-state index contributed by atoms with van der Waals surface area (Å²) < 4.78 is 0. The van der Waals surface area contributed by atoms with Crippen LogP contribution in [0.4, 0.5) is 0 Å². The molecule has 3 nitrogen and oxygen atoms in total. The van der Waals surface area contributed by atoms with Crippen LogP contribution >= 0.6 is 11.8 Å². The molecule has 0 aliphatic heterocycles. The molecule has 0 bridgehead atoms. The Morgan fingerprint density at radius 3 is 2.86 bits per heavy atom. The van der Waals surface area contributed by atoms with Gasteiger partial charge in [-0.25, -0.2) is 4.79 Å². The molecule has 0 saturated heterocycles. The Labute approximate surface area is 89.0 Å². The first-order valence-corrected chi connectivity index (χ1v) is 6.21. The summed E-state index contributed by atoms with van der Waals surface area (Å²) in [6.45, 7) is 0. The molecular formula is C10H17NO2S. The number of rotatable bonds is 4. The molecule has 0 heterocycles. The number of hydrogen-bond acceptors (Lipinski definition) is 3. The zero-order valence-corrected chi connectivity index (χ0v) is 9.22. The fourth-order valence-corrected chi connectivity index (χ4v) is 2.76. The lowest BCUT2D eigenvalue weighted by Crippen LogP contribution is -2.37. The van der Waals surface area contributed by atoms with Crippen LogP contribution in [0.2, 0.25) is 0 Å². The first kappa shape index (κ1) is 11.4. The van der Waals surface area contributed by atoms with Crippen molar-refractivity contribution in [2.24, 2.45) is 0 Å². The molecule has 14 heavy (non-hydrogen) atoms. The van der Waals surface area contributed by atoms with Crippen molar-refractivity contribution in [1.82, 2.24) is 5.32 Å². The maximum atomic E-state index is 10.3. The SMILES string of the molecule is CSC1CCCCC1N/C=C/C(=O)O. The minimum absolute atomic E-state index is 0.439. The Morgan fingerprint density at radius 2 is 2.21 bits per heavy atom. The Kier molecular flexibility index (Phi) is 4.87. The summed E-state index contributed by atoms with van der Waals surface area (Å²) in [7, 11) is 0. The second-order valence-electron chi connectivity index (χ2n) is 3.50. The number of carbonyl (C=O) groups is 1. The van der Waals surface area contributed by atoms with E-state index in [0.717, 1.165) is 12.5 Å². The highest BCUT2D eigenvalue weighted by molar-refractivity contribution is 7.99. The highest BCUT2D eigenvalue weighted by Crippen LogP contribution is 2.26. The third kappa shape index (κ3) is 3.62. The molecule has 0 spiro atoms. The number of carboxylic acids is 1. The number of nitrogens with one attached hydrogen (secondary N) is 1. The summed E-state index contributed by atoms with van der Waals surface area (Å²) in [5.41, 5.74) is 0. The quantitative estimate of drug-likeness (QED) is 0.703. The van der Waals surface area contributed by atoms with Gasteiger partial charge in [0.15, 0.2) is 0 Å². The van der Waals surface area contributed by atoms with Crippen molar-refractivity contribution < 1.29 is 9.90 Å². The molecule has 4 heteroatoms. The molecule has 1 fully saturated rings. The summed E-state index contributed by atoms with van der Waals surface area (Å²) in [6.07, 6.45) is 9.76. The first-order chi connectivity index (χ1) is 6.74. The number of thioether (sulfide) groups is 1. The molecule has 0 amide bonds. The predicted octanol–water partition coefficient (Wildman–Crippen LogP) is 1.85. The van der Waals surface area contributed by atoms with E-state index in [1.54, 1.807) is 6.20 Å². The molecule has 0 aromatic heterocycles. The van der Waals surface area contributed by atoms with Gasteiger partial charge < -0.3 is 10.4 Å². The van der Waals surface area contributed by atoms with E-state index in [1.165, 1.54) is 19.3 Å². The summed E-state index contributed by atoms with van der Waals surface area (Å²) in [4.78, 5) is 10.3. The van der Waals surface area contributed by atoms with E-state index in [2.05, 4.69) is 11.6 Å². The molecule has 2 atom stereocenters. The average molecular weight is 215 g/mol. The van der Waals surface area contributed by atoms with Crippen LogP contribution in [0.15, 0.2) is 12.3 Å². The van der Waals surface area contributed by atoms with Gasteiger partial charge in [0.25, 0.3) is 0 Å². The van der Waals surface area contributed by atoms with Gasteiger partial charge in [0.1, 0.15) is 0 Å². The van der Waals surface area contributed by atoms with Crippen molar-refractivity contribution in [1.29, 1.82) is 0 Å². The van der Waals surface area contributed by atoms with Gasteiger partial charge in [-0.15, -0.1) is 0 Å². The lowest BCUT2D eigenvalue weighted by Gasteiger charge is -2.30. The van der Waals surface area contributed by atoms with E-state index in [9.17, 15) is 4.79 Å². The van der Waals surface area contributed by atoms with Gasteiger partial charge in [-0.1, -0.05) is 12.8 Å². The van der Waals surface area contributed by atoms with E-state index >= 15 is 0 Å². The smallest absolute Gasteiger partial charge is 0.329 e. The van der Waals surface area contributed by atoms with Gasteiger partial charge in [-0.3, -0.25) is 0 Å². The summed E-state index contributed by atoms with van der Waals surface area (Å²) >= 11 is 1.87. The van der Waals surface area contributed by atoms with Crippen LogP contribution in [0.1, 0.15) is 25.7 Å². The summed E-state index contributed by atoms with van der Waals surface area (Å²) in [5.74, 6) is -0.894. The molecule has 1 rings (SSSR count). The lowest BCUT2D eigenvalue weighted by molar-refractivity contribution is -0.131. The third-order valence-electron chi connectivity index (χ3n) is 2.54. The highest BCUT2D eigenvalue weighted by atomic mass is 32.2. The maximum Gasteiger partial charge on any atom is 0.329 e. The minimum atomic E-state index is -0.894. The third-order valence-corrected chi connectivity index (χ3v) is 3.71. The van der Waals surface area contributed by atoms with Crippen molar-refractivity contribution in [3.8, 4) is 0 Å². The second kappa shape index (κ2) is 5.96. The van der Waals surface area contributed by atoms with E-state index < -0.39 is 5.97 Å². The van der Waals surface area contributed by atoms with Crippen LogP contribution < -0.4 is 5.32 Å². The van der Waals surface area contributed by atoms with E-state index in [1.807, 2.05) is 11.8 Å². The molecule has 0 aromatic rings. The van der Waals surface area contributed by atoms with Crippen molar-refractivity contribution >= 4 is 17.7 Å². The first-order valence-electron chi connectivity index (χ1n) is 4.92. The Balaban J connectivity index is 2.36. The van der Waals surface area contributed by atoms with Crippen LogP contribution in [0.3, 0.4) is 0 Å². The lowest BCUT2D eigenvalue weighted by atomic mass is 9.95. The zero-order valence-electron chi connectivity index (χ0n) is 8.40. The molecule has 1 saturated carbocycles. The van der Waals surface area contributed by atoms with E-state index in [-0.39, 0.29) is 0 Å². The standard InChI is InChI=1S/C10H17NO2S/c1-14-9-5-3-2-4-8(9)11-7-6-10(12)13/h6-9,11H,2-5H2,1H3,(H,12,13)/b7-6+. The van der Waals surface area contributed by atoms with Crippen molar-refractivity contribution in [3.63, 3.8) is 0 Å². The van der Waals surface area contributed by atoms with Crippen LogP contribution in [-0.4, -0.2) is 28.6 Å². The Morgan fingerprint density at radius 1 is 1.50 bits per heavy atom. The maximum absolute atomic E-state index is 10.3. The van der Waals surface area contributed by atoms with Crippen molar-refractivity contribution in [3.05, 3.63) is 12.3 Å². The number of hydrogen-bond donors (Lipinski definition) is 2. The number of aliphatic carboxylic acids is 1. The monoisotopic (exact) mass is 215 g/mol. The largest absolute Gasteiger partial charge is 0.478 e. The molecule has 1 aliphatic carbocycles. The normalized spacial score (nSPS) is 27.8. The van der Waals surface area contributed by atoms with E-state index in [4.69, 9.17) is 5.11 Å². The van der Waals surface area contributed by atoms with Gasteiger partial charge in [-0.2, -0.15) is 11.8 Å². The Bertz CT molecular complexity index is 218. The zero-order chi connectivity index (χ0) is 10.4. The molecule has 80 valence electrons. The summed E-state index contributed by atoms with van der Waals surface area (Å²) in [6, 6.07) is 0.439. The van der Waals surface area contributed by atoms with Crippen LogP contribution in [0, 0.1) is 0 Å². The Hall–Kier alpha value is -0.640.